The van der Waals surface area contributed by atoms with Crippen LogP contribution in [0.5, 0.6) is 0 Å². The average molecular weight is 598 g/mol. The molecule has 0 radical (unpaired) electrons. The second-order valence-electron chi connectivity index (χ2n) is 9.67. The van der Waals surface area contributed by atoms with E-state index in [2.05, 4.69) is 57.9 Å². The molecule has 210 valence electrons. The van der Waals surface area contributed by atoms with Gasteiger partial charge >= 0.3 is 6.03 Å². The normalized spacial score (nSPS) is 10.9. The number of rotatable bonds is 15. The Hall–Kier alpha value is -3.10. The van der Waals surface area contributed by atoms with Gasteiger partial charge in [-0.3, -0.25) is 4.79 Å². The van der Waals surface area contributed by atoms with E-state index in [4.69, 9.17) is 4.74 Å². The van der Waals surface area contributed by atoms with Crippen molar-refractivity contribution >= 4 is 33.6 Å². The fraction of sp³-hybridized carbons (Fsp3) is 0.419. The van der Waals surface area contributed by atoms with Crippen molar-refractivity contribution in [3.8, 4) is 0 Å². The molecule has 0 aliphatic rings. The van der Waals surface area contributed by atoms with Gasteiger partial charge in [0, 0.05) is 55.4 Å². The Bertz CT molecular complexity index is 1160. The molecule has 3 amide bonds. The number of halogens is 1. The molecule has 8 heteroatoms. The molecule has 2 aromatic carbocycles. The lowest BCUT2D eigenvalue weighted by molar-refractivity contribution is -0.132. The van der Waals surface area contributed by atoms with Gasteiger partial charge in [-0.25, -0.2) is 4.79 Å². The molecule has 1 heterocycles. The Kier molecular flexibility index (Phi) is 12.6. The van der Waals surface area contributed by atoms with E-state index in [0.717, 1.165) is 41.7 Å². The Morgan fingerprint density at radius 1 is 0.923 bits per heavy atom. The number of aryl methyl sites for hydroxylation is 1. The van der Waals surface area contributed by atoms with Crippen molar-refractivity contribution < 1.29 is 14.3 Å². The Labute approximate surface area is 241 Å². The van der Waals surface area contributed by atoms with Crippen LogP contribution in [0.2, 0.25) is 0 Å². The maximum Gasteiger partial charge on any atom is 0.322 e. The van der Waals surface area contributed by atoms with Crippen molar-refractivity contribution in [1.82, 2.24) is 14.4 Å². The summed E-state index contributed by atoms with van der Waals surface area (Å²) in [6.07, 6.45) is 5.52. The number of nitrogens with one attached hydrogen (secondary N) is 1. The zero-order valence-corrected chi connectivity index (χ0v) is 25.0. The molecular weight excluding hydrogens is 556 g/mol. The molecule has 0 atom stereocenters. The fourth-order valence-electron chi connectivity index (χ4n) is 4.31. The molecular formula is C31H41BrN4O3. The van der Waals surface area contributed by atoms with Gasteiger partial charge in [0.05, 0.1) is 6.54 Å². The van der Waals surface area contributed by atoms with Crippen molar-refractivity contribution in [2.45, 2.75) is 52.6 Å². The Balaban J connectivity index is 1.71. The first-order valence-corrected chi connectivity index (χ1v) is 14.5. The van der Waals surface area contributed by atoms with E-state index in [9.17, 15) is 9.59 Å². The first-order valence-electron chi connectivity index (χ1n) is 13.7. The fourth-order valence-corrected chi connectivity index (χ4v) is 4.58. The van der Waals surface area contributed by atoms with Gasteiger partial charge in [-0.05, 0) is 66.8 Å². The Morgan fingerprint density at radius 2 is 1.62 bits per heavy atom. The molecule has 0 aliphatic heterocycles. The third kappa shape index (κ3) is 9.86. The number of hydrogen-bond donors (Lipinski definition) is 1. The predicted octanol–water partition coefficient (Wildman–Crippen LogP) is 6.56. The minimum atomic E-state index is -0.280. The standard InChI is InChI=1S/C31H41BrN4O3/c1-4-6-18-35(23-29-9-7-19-34(29)22-26-10-14-27(32)15-11-26)30(37)24-36(20-8-21-39-3)31(38)33-28-16-12-25(5-2)13-17-28/h7,9-17,19H,4-6,8,18,20-24H2,1-3H3,(H,33,38). The summed E-state index contributed by atoms with van der Waals surface area (Å²) < 4.78 is 8.43. The molecule has 7 nitrogen and oxygen atoms in total. The van der Waals surface area contributed by atoms with Gasteiger partial charge in [0.2, 0.25) is 5.91 Å². The van der Waals surface area contributed by atoms with Gasteiger partial charge in [-0.2, -0.15) is 0 Å². The van der Waals surface area contributed by atoms with Gasteiger partial charge in [-0.15, -0.1) is 0 Å². The second-order valence-corrected chi connectivity index (χ2v) is 10.6. The molecule has 1 N–H and O–H groups in total. The summed E-state index contributed by atoms with van der Waals surface area (Å²) in [6, 6.07) is 19.9. The average Bonchev–Trinajstić information content (AvgIpc) is 3.38. The van der Waals surface area contributed by atoms with Crippen molar-refractivity contribution in [2.24, 2.45) is 0 Å². The smallest absolute Gasteiger partial charge is 0.322 e. The highest BCUT2D eigenvalue weighted by Gasteiger charge is 2.22. The van der Waals surface area contributed by atoms with E-state index in [0.29, 0.717) is 32.7 Å². The van der Waals surface area contributed by atoms with E-state index in [1.54, 1.807) is 12.0 Å². The van der Waals surface area contributed by atoms with E-state index in [-0.39, 0.29) is 18.5 Å². The number of methoxy groups -OCH3 is 1. The second kappa shape index (κ2) is 16.1. The van der Waals surface area contributed by atoms with Gasteiger partial charge in [0.15, 0.2) is 0 Å². The van der Waals surface area contributed by atoms with Crippen LogP contribution in [0.25, 0.3) is 0 Å². The number of carbonyl (C=O) groups is 2. The van der Waals surface area contributed by atoms with Crippen molar-refractivity contribution in [3.63, 3.8) is 0 Å². The predicted molar refractivity (Wildman–Crippen MR) is 161 cm³/mol. The number of nitrogens with zero attached hydrogens (tertiary/aromatic N) is 3. The monoisotopic (exact) mass is 596 g/mol. The largest absolute Gasteiger partial charge is 0.385 e. The molecule has 0 fully saturated rings. The van der Waals surface area contributed by atoms with E-state index in [1.165, 1.54) is 11.1 Å². The maximum absolute atomic E-state index is 13.6. The van der Waals surface area contributed by atoms with Crippen LogP contribution < -0.4 is 5.32 Å². The summed E-state index contributed by atoms with van der Waals surface area (Å²) in [5.74, 6) is -0.0614. The topological polar surface area (TPSA) is 66.8 Å². The highest BCUT2D eigenvalue weighted by atomic mass is 79.9. The third-order valence-corrected chi connectivity index (χ3v) is 7.21. The van der Waals surface area contributed by atoms with Crippen LogP contribution in [0.4, 0.5) is 10.5 Å². The molecule has 0 saturated heterocycles. The lowest BCUT2D eigenvalue weighted by atomic mass is 10.1. The van der Waals surface area contributed by atoms with Gasteiger partial charge < -0.3 is 24.4 Å². The van der Waals surface area contributed by atoms with Gasteiger partial charge in [-0.1, -0.05) is 60.5 Å². The summed E-state index contributed by atoms with van der Waals surface area (Å²) in [7, 11) is 1.64. The molecule has 0 saturated carbocycles. The highest BCUT2D eigenvalue weighted by molar-refractivity contribution is 9.10. The number of carbonyl (C=O) groups excluding carboxylic acids is 2. The first-order chi connectivity index (χ1) is 18.9. The minimum absolute atomic E-state index is 0.0136. The Morgan fingerprint density at radius 3 is 2.28 bits per heavy atom. The van der Waals surface area contributed by atoms with Crippen LogP contribution in [0.3, 0.4) is 0 Å². The molecule has 0 aliphatic carbocycles. The van der Waals surface area contributed by atoms with Crippen LogP contribution in [0.1, 0.15) is 49.9 Å². The number of ether oxygens (including phenoxy) is 1. The molecule has 1 aromatic heterocycles. The van der Waals surface area contributed by atoms with Crippen LogP contribution in [0, 0.1) is 0 Å². The van der Waals surface area contributed by atoms with Crippen LogP contribution >= 0.6 is 15.9 Å². The number of aromatic nitrogens is 1. The summed E-state index contributed by atoms with van der Waals surface area (Å²) in [6.45, 7) is 7.05. The first kappa shape index (κ1) is 30.4. The van der Waals surface area contributed by atoms with Crippen LogP contribution in [-0.4, -0.2) is 59.7 Å². The number of amides is 3. The van der Waals surface area contributed by atoms with Gasteiger partial charge in [0.1, 0.15) is 6.54 Å². The van der Waals surface area contributed by atoms with E-state index < -0.39 is 0 Å². The van der Waals surface area contributed by atoms with E-state index >= 15 is 0 Å². The van der Waals surface area contributed by atoms with Crippen molar-refractivity contribution in [3.05, 3.63) is 88.2 Å². The lowest BCUT2D eigenvalue weighted by Gasteiger charge is -2.28. The molecule has 0 unspecified atom stereocenters. The molecule has 3 rings (SSSR count). The lowest BCUT2D eigenvalue weighted by Crippen LogP contribution is -2.45. The summed E-state index contributed by atoms with van der Waals surface area (Å²) >= 11 is 3.49. The number of hydrogen-bond acceptors (Lipinski definition) is 3. The molecule has 3 aromatic rings. The maximum atomic E-state index is 13.6. The summed E-state index contributed by atoms with van der Waals surface area (Å²) in [5.41, 5.74) is 4.18. The number of urea groups is 1. The quantitative estimate of drug-likeness (QED) is 0.202. The van der Waals surface area contributed by atoms with Crippen LogP contribution in [-0.2, 0) is 29.0 Å². The van der Waals surface area contributed by atoms with Gasteiger partial charge in [0.25, 0.3) is 0 Å². The zero-order chi connectivity index (χ0) is 28.0. The summed E-state index contributed by atoms with van der Waals surface area (Å²) in [4.78, 5) is 30.3. The third-order valence-electron chi connectivity index (χ3n) is 6.68. The number of benzene rings is 2. The number of anilines is 1. The molecule has 39 heavy (non-hydrogen) atoms. The number of unbranched alkanes of at least 4 members (excludes halogenated alkanes) is 1. The molecule has 0 bridgehead atoms. The van der Waals surface area contributed by atoms with Crippen LogP contribution in [0.15, 0.2) is 71.3 Å². The summed E-state index contributed by atoms with van der Waals surface area (Å²) in [5, 5.41) is 2.96. The SMILES string of the molecule is CCCCN(Cc1cccn1Cc1ccc(Br)cc1)C(=O)CN(CCCOC)C(=O)Nc1ccc(CC)cc1. The molecule has 0 spiro atoms. The van der Waals surface area contributed by atoms with Crippen molar-refractivity contribution in [1.29, 1.82) is 0 Å². The highest BCUT2D eigenvalue weighted by Crippen LogP contribution is 2.16. The zero-order valence-electron chi connectivity index (χ0n) is 23.4. The minimum Gasteiger partial charge on any atom is -0.385 e. The van der Waals surface area contributed by atoms with E-state index in [1.807, 2.05) is 53.6 Å². The van der Waals surface area contributed by atoms with Crippen molar-refractivity contribution in [2.75, 3.05) is 38.7 Å².